The minimum atomic E-state index is -4.18. The lowest BCUT2D eigenvalue weighted by Crippen LogP contribution is -2.58. The summed E-state index contributed by atoms with van der Waals surface area (Å²) in [5.41, 5.74) is 1.19. The van der Waals surface area contributed by atoms with Crippen molar-refractivity contribution in [1.82, 2.24) is 28.7 Å². The van der Waals surface area contributed by atoms with Gasteiger partial charge in [-0.05, 0) is 25.2 Å². The fourth-order valence-electron chi connectivity index (χ4n) is 5.62. The van der Waals surface area contributed by atoms with Crippen molar-refractivity contribution in [1.29, 1.82) is 0 Å². The minimum Gasteiger partial charge on any atom is -0.427 e. The number of piperazine rings is 1. The molecule has 3 aliphatic rings. The van der Waals surface area contributed by atoms with Crippen LogP contribution in [-0.4, -0.2) is 120 Å². The molecular weight excluding hydrogens is 592 g/mol. The number of ether oxygens (including phenoxy) is 1. The first-order chi connectivity index (χ1) is 19.6. The second kappa shape index (κ2) is 11.2. The molecule has 3 aromatic rings. The van der Waals surface area contributed by atoms with E-state index in [9.17, 15) is 23.2 Å². The number of amides is 2. The maximum atomic E-state index is 13.8. The largest absolute Gasteiger partial charge is 0.427 e. The number of carbonyl (C=O) groups is 2. The molecule has 41 heavy (non-hydrogen) atoms. The molecule has 0 spiro atoms. The van der Waals surface area contributed by atoms with Crippen LogP contribution in [-0.2, 0) is 32.5 Å². The number of thiazole rings is 1. The number of benzene rings is 1. The summed E-state index contributed by atoms with van der Waals surface area (Å²) in [5.74, 6) is -0.462. The highest BCUT2D eigenvalue weighted by Gasteiger charge is 2.40. The molecule has 3 aliphatic heterocycles. The van der Waals surface area contributed by atoms with E-state index in [1.807, 2.05) is 7.05 Å². The molecule has 2 saturated heterocycles. The van der Waals surface area contributed by atoms with Gasteiger partial charge in [0.15, 0.2) is 10.0 Å². The molecule has 2 fully saturated rings. The number of fused-ring (bicyclic) bond motifs is 2. The Morgan fingerprint density at radius 2 is 1.93 bits per heavy atom. The maximum Gasteiger partial charge on any atom is 0.283 e. The molecule has 2 aromatic heterocycles. The van der Waals surface area contributed by atoms with Gasteiger partial charge in [-0.15, -0.1) is 11.3 Å². The molecule has 0 saturated carbocycles. The van der Waals surface area contributed by atoms with Gasteiger partial charge in [-0.25, -0.2) is 13.4 Å². The quantitative estimate of drug-likeness (QED) is 0.426. The van der Waals surface area contributed by atoms with E-state index in [1.54, 1.807) is 21.9 Å². The molecule has 1 N–H and O–H groups in total. The molecule has 0 radical (unpaired) electrons. The summed E-state index contributed by atoms with van der Waals surface area (Å²) in [6.45, 7) is 3.35. The minimum absolute atomic E-state index is 0.00638. The first kappa shape index (κ1) is 28.4. The molecule has 6 rings (SSSR count). The van der Waals surface area contributed by atoms with Crippen molar-refractivity contribution in [2.24, 2.45) is 0 Å². The van der Waals surface area contributed by atoms with Crippen molar-refractivity contribution >= 4 is 55.7 Å². The number of nitrogens with zero attached hydrogens (tertiary/aromatic N) is 6. The normalized spacial score (nSPS) is 20.9. The molecule has 12 nitrogen and oxygen atoms in total. The molecule has 15 heteroatoms. The Kier molecular flexibility index (Phi) is 7.72. The van der Waals surface area contributed by atoms with E-state index in [4.69, 9.17) is 16.3 Å². The molecule has 220 valence electrons. The zero-order valence-corrected chi connectivity index (χ0v) is 24.9. The highest BCUT2D eigenvalue weighted by molar-refractivity contribution is 7.89. The number of sulfonamides is 1. The van der Waals surface area contributed by atoms with Gasteiger partial charge in [-0.2, -0.15) is 9.04 Å². The zero-order valence-electron chi connectivity index (χ0n) is 22.5. The fraction of sp³-hybridized carbons (Fsp3) is 0.500. The predicted octanol–water partition coefficient (Wildman–Crippen LogP) is 1.74. The third kappa shape index (κ3) is 5.44. The van der Waals surface area contributed by atoms with E-state index in [1.165, 1.54) is 27.8 Å². The molecule has 5 heterocycles. The zero-order chi connectivity index (χ0) is 28.9. The van der Waals surface area contributed by atoms with Crippen LogP contribution in [0, 0.1) is 0 Å². The Labute approximate surface area is 246 Å². The Bertz CT molecular complexity index is 1600. The van der Waals surface area contributed by atoms with Crippen LogP contribution in [0.5, 0.6) is 0 Å². The summed E-state index contributed by atoms with van der Waals surface area (Å²) in [6.07, 6.45) is 0.726. The van der Waals surface area contributed by atoms with Crippen LogP contribution in [0.1, 0.15) is 26.8 Å². The van der Waals surface area contributed by atoms with Crippen LogP contribution in [0.4, 0.5) is 0 Å². The Morgan fingerprint density at radius 3 is 2.71 bits per heavy atom. The Morgan fingerprint density at radius 1 is 1.15 bits per heavy atom. The number of hydrogen-bond donors (Lipinski definition) is 1. The van der Waals surface area contributed by atoms with E-state index >= 15 is 0 Å². The van der Waals surface area contributed by atoms with Gasteiger partial charge in [-0.3, -0.25) is 9.59 Å². The highest BCUT2D eigenvalue weighted by atomic mass is 35.5. The molecular formula is C26H31ClN6O6S2. The monoisotopic (exact) mass is 622 g/mol. The first-order valence-electron chi connectivity index (χ1n) is 13.5. The Balaban J connectivity index is 1.28. The Hall–Kier alpha value is -2.75. The summed E-state index contributed by atoms with van der Waals surface area (Å²) in [5, 5.41) is 11.7. The number of carbonyl (C=O) groups excluding carboxylic acids is 2. The van der Waals surface area contributed by atoms with E-state index < -0.39 is 16.1 Å². The van der Waals surface area contributed by atoms with E-state index in [-0.39, 0.29) is 48.4 Å². The lowest BCUT2D eigenvalue weighted by Gasteiger charge is -2.41. The second-order valence-electron chi connectivity index (χ2n) is 10.6. The summed E-state index contributed by atoms with van der Waals surface area (Å²) in [7, 11) is -2.16. The van der Waals surface area contributed by atoms with Gasteiger partial charge in [0.2, 0.25) is 5.91 Å². The molecule has 2 amide bonds. The number of halogens is 1. The van der Waals surface area contributed by atoms with E-state index in [2.05, 4.69) is 9.88 Å². The smallest absolute Gasteiger partial charge is 0.283 e. The number of aromatic nitrogens is 2. The van der Waals surface area contributed by atoms with E-state index in [0.29, 0.717) is 46.5 Å². The van der Waals surface area contributed by atoms with Crippen LogP contribution >= 0.6 is 22.9 Å². The standard InChI is InChI=1S/C26H31ClN6O6S2/c1-29-5-4-20-22(16-29)40-25(28-20)26(35)32-7-6-31(15-19(32)14-23(34)30-8-10-39-11-9-30)41(37,38)24-12-17-2-3-18(27)13-21(17)33(24)36/h2-3,12-13,19,36H,4-11,14-16H2,1H3. The van der Waals surface area contributed by atoms with Crippen LogP contribution in [0.3, 0.4) is 0 Å². The van der Waals surface area contributed by atoms with Gasteiger partial charge >= 0.3 is 0 Å². The van der Waals surface area contributed by atoms with Crippen LogP contribution in [0.15, 0.2) is 29.3 Å². The summed E-state index contributed by atoms with van der Waals surface area (Å²) in [4.78, 5) is 38.2. The van der Waals surface area contributed by atoms with Gasteiger partial charge < -0.3 is 24.6 Å². The highest BCUT2D eigenvalue weighted by Crippen LogP contribution is 2.30. The summed E-state index contributed by atoms with van der Waals surface area (Å²) >= 11 is 7.42. The van der Waals surface area contributed by atoms with Crippen molar-refractivity contribution in [2.75, 3.05) is 59.5 Å². The van der Waals surface area contributed by atoms with Crippen LogP contribution < -0.4 is 0 Å². The van der Waals surface area contributed by atoms with Gasteiger partial charge in [0.1, 0.15) is 0 Å². The van der Waals surface area contributed by atoms with Crippen LogP contribution in [0.2, 0.25) is 5.02 Å². The van der Waals surface area contributed by atoms with Crippen molar-refractivity contribution in [2.45, 2.75) is 30.5 Å². The maximum absolute atomic E-state index is 13.8. The van der Waals surface area contributed by atoms with Gasteiger partial charge in [-0.1, -0.05) is 17.7 Å². The number of hydrogen-bond acceptors (Lipinski definition) is 9. The van der Waals surface area contributed by atoms with Gasteiger partial charge in [0.05, 0.1) is 30.5 Å². The van der Waals surface area contributed by atoms with Gasteiger partial charge in [0, 0.05) is 73.9 Å². The number of likely N-dealkylation sites (N-methyl/N-ethyl adjacent to an activating group) is 1. The lowest BCUT2D eigenvalue weighted by molar-refractivity contribution is -0.136. The van der Waals surface area contributed by atoms with Crippen molar-refractivity contribution in [3.63, 3.8) is 0 Å². The third-order valence-electron chi connectivity index (χ3n) is 7.90. The number of rotatable bonds is 5. The van der Waals surface area contributed by atoms with E-state index in [0.717, 1.165) is 30.1 Å². The van der Waals surface area contributed by atoms with Gasteiger partial charge in [0.25, 0.3) is 15.9 Å². The second-order valence-corrected chi connectivity index (χ2v) is 14.0. The topological polar surface area (TPSA) is 129 Å². The molecule has 0 aliphatic carbocycles. The van der Waals surface area contributed by atoms with Crippen molar-refractivity contribution in [3.05, 3.63) is 44.9 Å². The molecule has 1 atom stereocenters. The average Bonchev–Trinajstić information content (AvgIpc) is 3.54. The molecule has 0 bridgehead atoms. The SMILES string of the molecule is CN1CCc2nc(C(=O)N3CCN(S(=O)(=O)c4cc5ccc(Cl)cc5n4O)CC3CC(=O)N3CCOCC3)sc2C1. The lowest BCUT2D eigenvalue weighted by atomic mass is 10.1. The molecule has 1 unspecified atom stereocenters. The molecule has 1 aromatic carbocycles. The number of morpholine rings is 1. The van der Waals surface area contributed by atoms with Crippen LogP contribution in [0.25, 0.3) is 10.9 Å². The van der Waals surface area contributed by atoms with Crippen molar-refractivity contribution in [3.8, 4) is 0 Å². The predicted molar refractivity (Wildman–Crippen MR) is 152 cm³/mol. The van der Waals surface area contributed by atoms with Crippen molar-refractivity contribution < 1.29 is 28.0 Å². The fourth-order valence-corrected chi connectivity index (χ4v) is 8.48. The average molecular weight is 623 g/mol. The third-order valence-corrected chi connectivity index (χ3v) is 11.0. The summed E-state index contributed by atoms with van der Waals surface area (Å²) < 4.78 is 34.8. The summed E-state index contributed by atoms with van der Waals surface area (Å²) in [6, 6.07) is 5.42. The first-order valence-corrected chi connectivity index (χ1v) is 16.1.